The van der Waals surface area contributed by atoms with Crippen molar-refractivity contribution in [1.29, 1.82) is 0 Å². The van der Waals surface area contributed by atoms with Crippen molar-refractivity contribution in [2.75, 3.05) is 5.73 Å². The number of nitrogen functional groups attached to an aromatic ring is 1. The fraction of sp³-hybridized carbons (Fsp3) is 0.391. The molecular weight excluding hydrogens is 408 g/mol. The van der Waals surface area contributed by atoms with Crippen LogP contribution in [-0.4, -0.2) is 25.4 Å². The van der Waals surface area contributed by atoms with Crippen LogP contribution in [0.4, 0.5) is 10.8 Å². The van der Waals surface area contributed by atoms with E-state index in [1.165, 1.54) is 0 Å². The summed E-state index contributed by atoms with van der Waals surface area (Å²) in [5.41, 5.74) is 6.72. The van der Waals surface area contributed by atoms with E-state index in [2.05, 4.69) is 21.4 Å². The summed E-state index contributed by atoms with van der Waals surface area (Å²) in [5.74, 6) is 2.82. The summed E-state index contributed by atoms with van der Waals surface area (Å²) >= 11 is 0. The maximum atomic E-state index is 13.3. The van der Waals surface area contributed by atoms with Crippen LogP contribution in [0.5, 0.6) is 0 Å². The van der Waals surface area contributed by atoms with Gasteiger partial charge in [0.2, 0.25) is 5.89 Å². The second-order valence-corrected chi connectivity index (χ2v) is 8.55. The number of para-hydroxylation sites is 2. The summed E-state index contributed by atoms with van der Waals surface area (Å²) in [6, 6.07) is 5.84. The minimum Gasteiger partial charge on any atom is -0.406 e. The van der Waals surface area contributed by atoms with Gasteiger partial charge in [0.05, 0.1) is 11.0 Å². The molecule has 1 amide bonds. The molecule has 2 heterocycles. The van der Waals surface area contributed by atoms with Crippen LogP contribution in [-0.2, 0) is 6.54 Å². The van der Waals surface area contributed by atoms with E-state index in [9.17, 15) is 9.59 Å². The lowest BCUT2D eigenvalue weighted by molar-refractivity contribution is 0.206. The first-order chi connectivity index (χ1) is 15.2. The van der Waals surface area contributed by atoms with E-state index < -0.39 is 23.2 Å². The molecular formula is C23H28N6O3. The number of allylic oxidation sites excluding steroid dienone is 2. The minimum absolute atomic E-state index is 0.0928. The van der Waals surface area contributed by atoms with Gasteiger partial charge in [0.25, 0.3) is 0 Å². The summed E-state index contributed by atoms with van der Waals surface area (Å²) in [4.78, 5) is 26.5. The van der Waals surface area contributed by atoms with E-state index >= 15 is 0 Å². The second-order valence-electron chi connectivity index (χ2n) is 8.55. The quantitative estimate of drug-likeness (QED) is 0.571. The van der Waals surface area contributed by atoms with E-state index in [-0.39, 0.29) is 11.9 Å². The van der Waals surface area contributed by atoms with Crippen LogP contribution >= 0.6 is 0 Å². The number of hydrogen-bond donors (Lipinski definition) is 2. The number of aromatic nitrogens is 4. The number of terminal acetylenes is 1. The molecule has 0 unspecified atom stereocenters. The Morgan fingerprint density at radius 2 is 2.00 bits per heavy atom. The number of nitrogens with two attached hydrogens (primary N) is 1. The van der Waals surface area contributed by atoms with E-state index in [1.54, 1.807) is 16.7 Å². The highest BCUT2D eigenvalue weighted by Gasteiger charge is 2.33. The van der Waals surface area contributed by atoms with Gasteiger partial charge in [-0.15, -0.1) is 11.5 Å². The monoisotopic (exact) mass is 436 g/mol. The SMILES string of the molecule is C#C/C(=C\C)CCCn1c(=O)n(C(=O)N[C@H](c2nnc(N)o2)C(C)(C)C)c2ccccc21. The molecule has 3 rings (SSSR count). The van der Waals surface area contributed by atoms with Crippen molar-refractivity contribution in [1.82, 2.24) is 24.6 Å². The molecule has 3 N–H and O–H groups in total. The molecule has 2 aromatic heterocycles. The van der Waals surface area contributed by atoms with Gasteiger partial charge in [-0.3, -0.25) is 4.57 Å². The number of rotatable bonds is 6. The Hall–Kier alpha value is -3.80. The standard InChI is InChI=1S/C23H28N6O3/c1-6-15(7-2)11-10-14-28-16-12-8-9-13-17(16)29(22(28)31)21(30)25-18(23(3,4)5)19-26-27-20(24)32-19/h1,7-9,12-13,18H,10-11,14H2,2-5H3,(H2,24,27)(H,25,30)/b15-7+/t18-/m1/s1. The average Bonchev–Trinajstić information content (AvgIpc) is 3.29. The molecule has 0 radical (unpaired) electrons. The third kappa shape index (κ3) is 4.59. The van der Waals surface area contributed by atoms with E-state index in [4.69, 9.17) is 16.6 Å². The zero-order chi connectivity index (χ0) is 23.5. The molecule has 0 spiro atoms. The first-order valence-corrected chi connectivity index (χ1v) is 10.4. The number of amides is 1. The Kier molecular flexibility index (Phi) is 6.53. The normalized spacial score (nSPS) is 13.2. The Bertz CT molecular complexity index is 1250. The minimum atomic E-state index is -0.651. The largest absolute Gasteiger partial charge is 0.406 e. The van der Waals surface area contributed by atoms with Gasteiger partial charge in [-0.25, -0.2) is 14.2 Å². The smallest absolute Gasteiger partial charge is 0.337 e. The number of aryl methyl sites for hydroxylation is 1. The molecule has 1 aromatic carbocycles. The van der Waals surface area contributed by atoms with Crippen molar-refractivity contribution in [3.63, 3.8) is 0 Å². The van der Waals surface area contributed by atoms with Crippen LogP contribution in [0.3, 0.4) is 0 Å². The number of hydrogen-bond acceptors (Lipinski definition) is 6. The summed E-state index contributed by atoms with van der Waals surface area (Å²) in [5, 5.41) is 10.5. The predicted molar refractivity (Wildman–Crippen MR) is 123 cm³/mol. The third-order valence-electron chi connectivity index (χ3n) is 5.24. The third-order valence-corrected chi connectivity index (χ3v) is 5.24. The van der Waals surface area contributed by atoms with Crippen LogP contribution in [0, 0.1) is 17.8 Å². The summed E-state index contributed by atoms with van der Waals surface area (Å²) in [6.07, 6.45) is 8.72. The molecule has 32 heavy (non-hydrogen) atoms. The fourth-order valence-corrected chi connectivity index (χ4v) is 3.55. The topological polar surface area (TPSA) is 121 Å². The van der Waals surface area contributed by atoms with Gasteiger partial charge in [0, 0.05) is 6.54 Å². The van der Waals surface area contributed by atoms with Crippen molar-refractivity contribution in [3.05, 3.63) is 52.3 Å². The van der Waals surface area contributed by atoms with Crippen molar-refractivity contribution in [2.45, 2.75) is 53.1 Å². The number of carbonyl (C=O) groups is 1. The van der Waals surface area contributed by atoms with E-state index in [0.717, 1.165) is 10.1 Å². The number of imidazole rings is 1. The van der Waals surface area contributed by atoms with Gasteiger partial charge in [-0.05, 0) is 42.9 Å². The Morgan fingerprint density at radius 1 is 1.31 bits per heavy atom. The van der Waals surface area contributed by atoms with Gasteiger partial charge in [-0.1, -0.05) is 50.0 Å². The second kappa shape index (κ2) is 9.14. The molecule has 0 saturated heterocycles. The highest BCUT2D eigenvalue weighted by Crippen LogP contribution is 2.32. The van der Waals surface area contributed by atoms with Gasteiger partial charge < -0.3 is 15.5 Å². The molecule has 3 aromatic rings. The Morgan fingerprint density at radius 3 is 2.56 bits per heavy atom. The zero-order valence-corrected chi connectivity index (χ0v) is 18.8. The molecule has 9 nitrogen and oxygen atoms in total. The Labute approximate surface area is 186 Å². The number of benzene rings is 1. The molecule has 0 aliphatic heterocycles. The van der Waals surface area contributed by atoms with Crippen LogP contribution < -0.4 is 16.7 Å². The molecule has 0 fully saturated rings. The number of nitrogens with one attached hydrogen (secondary N) is 1. The van der Waals surface area contributed by atoms with Crippen molar-refractivity contribution >= 4 is 23.1 Å². The van der Waals surface area contributed by atoms with Crippen LogP contribution in [0.2, 0.25) is 0 Å². The predicted octanol–water partition coefficient (Wildman–Crippen LogP) is 3.47. The summed E-state index contributed by atoms with van der Waals surface area (Å²) in [6.45, 7) is 8.06. The van der Waals surface area contributed by atoms with Crippen LogP contribution in [0.25, 0.3) is 11.0 Å². The average molecular weight is 437 g/mol. The maximum absolute atomic E-state index is 13.3. The Balaban J connectivity index is 1.96. The maximum Gasteiger partial charge on any atom is 0.337 e. The zero-order valence-electron chi connectivity index (χ0n) is 18.8. The van der Waals surface area contributed by atoms with Crippen LogP contribution in [0.15, 0.2) is 45.1 Å². The lowest BCUT2D eigenvalue weighted by Gasteiger charge is -2.28. The fourth-order valence-electron chi connectivity index (χ4n) is 3.55. The highest BCUT2D eigenvalue weighted by molar-refractivity contribution is 5.89. The lowest BCUT2D eigenvalue weighted by atomic mass is 9.86. The van der Waals surface area contributed by atoms with E-state index in [1.807, 2.05) is 45.9 Å². The van der Waals surface area contributed by atoms with Gasteiger partial charge in [0.15, 0.2) is 0 Å². The highest BCUT2D eigenvalue weighted by atomic mass is 16.4. The molecule has 168 valence electrons. The molecule has 0 saturated carbocycles. The first-order valence-electron chi connectivity index (χ1n) is 10.4. The molecule has 9 heteroatoms. The van der Waals surface area contributed by atoms with Crippen molar-refractivity contribution in [3.8, 4) is 12.3 Å². The van der Waals surface area contributed by atoms with Gasteiger partial charge in [0.1, 0.15) is 6.04 Å². The van der Waals surface area contributed by atoms with Gasteiger partial charge >= 0.3 is 17.7 Å². The number of carbonyl (C=O) groups excluding carboxylic acids is 1. The number of nitrogens with zero attached hydrogens (tertiary/aromatic N) is 4. The summed E-state index contributed by atoms with van der Waals surface area (Å²) in [7, 11) is 0. The first kappa shape index (κ1) is 22.9. The molecule has 0 aliphatic carbocycles. The van der Waals surface area contributed by atoms with Gasteiger partial charge in [-0.2, -0.15) is 0 Å². The van der Waals surface area contributed by atoms with Crippen LogP contribution in [0.1, 0.15) is 52.5 Å². The molecule has 1 atom stereocenters. The van der Waals surface area contributed by atoms with Crippen molar-refractivity contribution in [2.24, 2.45) is 5.41 Å². The number of anilines is 1. The number of fused-ring (bicyclic) bond motifs is 1. The molecule has 0 bridgehead atoms. The van der Waals surface area contributed by atoms with Crippen molar-refractivity contribution < 1.29 is 9.21 Å². The van der Waals surface area contributed by atoms with E-state index in [0.29, 0.717) is 30.4 Å². The summed E-state index contributed by atoms with van der Waals surface area (Å²) < 4.78 is 8.08. The lowest BCUT2D eigenvalue weighted by Crippen LogP contribution is -2.42. The molecule has 0 aliphatic rings.